The average molecular weight is 289 g/mol. The number of rotatable bonds is 6. The molecule has 1 aromatic rings. The molecule has 2 nitrogen and oxygen atoms in total. The van der Waals surface area contributed by atoms with Crippen molar-refractivity contribution in [1.29, 1.82) is 0 Å². The highest BCUT2D eigenvalue weighted by Gasteiger charge is 2.29. The monoisotopic (exact) mass is 289 g/mol. The Labute approximate surface area is 130 Å². The minimum Gasteiger partial charge on any atom is -0.393 e. The van der Waals surface area contributed by atoms with Crippen molar-refractivity contribution in [3.8, 4) is 0 Å². The van der Waals surface area contributed by atoms with Crippen molar-refractivity contribution in [2.45, 2.75) is 58.5 Å². The molecule has 1 aliphatic carbocycles. The van der Waals surface area contributed by atoms with Gasteiger partial charge in [-0.05, 0) is 49.3 Å². The molecule has 1 N–H and O–H groups in total. The second-order valence-electron chi connectivity index (χ2n) is 6.70. The lowest BCUT2D eigenvalue weighted by molar-refractivity contribution is 0.0499. The third-order valence-corrected chi connectivity index (χ3v) is 5.04. The van der Waals surface area contributed by atoms with E-state index >= 15 is 0 Å². The maximum absolute atomic E-state index is 10.3. The molecule has 1 saturated carbocycles. The molecule has 3 atom stereocenters. The minimum atomic E-state index is -0.115. The Balaban J connectivity index is 1.94. The Bertz CT molecular complexity index is 414. The molecule has 21 heavy (non-hydrogen) atoms. The van der Waals surface area contributed by atoms with E-state index in [1.165, 1.54) is 36.9 Å². The summed E-state index contributed by atoms with van der Waals surface area (Å²) in [5.74, 6) is 1.24. The van der Waals surface area contributed by atoms with Crippen molar-refractivity contribution in [3.63, 3.8) is 0 Å². The lowest BCUT2D eigenvalue weighted by Crippen LogP contribution is -2.37. The quantitative estimate of drug-likeness (QED) is 0.845. The molecule has 2 heteroatoms. The van der Waals surface area contributed by atoms with E-state index in [2.05, 4.69) is 50.1 Å². The molecule has 0 heterocycles. The number of nitrogens with zero attached hydrogens (tertiary/aromatic N) is 1. The van der Waals surface area contributed by atoms with Gasteiger partial charge < -0.3 is 10.0 Å². The van der Waals surface area contributed by atoms with Crippen LogP contribution >= 0.6 is 0 Å². The first-order valence-electron chi connectivity index (χ1n) is 8.62. The van der Waals surface area contributed by atoms with Crippen LogP contribution in [0.5, 0.6) is 0 Å². The van der Waals surface area contributed by atoms with Crippen molar-refractivity contribution in [2.24, 2.45) is 11.8 Å². The van der Waals surface area contributed by atoms with Gasteiger partial charge in [-0.15, -0.1) is 0 Å². The van der Waals surface area contributed by atoms with Gasteiger partial charge >= 0.3 is 0 Å². The molecule has 3 unspecified atom stereocenters. The fourth-order valence-electron chi connectivity index (χ4n) is 3.66. The molecular weight excluding hydrogens is 258 g/mol. The Morgan fingerprint density at radius 1 is 1.14 bits per heavy atom. The molecule has 0 aliphatic heterocycles. The van der Waals surface area contributed by atoms with Crippen LogP contribution in [-0.2, 0) is 6.42 Å². The van der Waals surface area contributed by atoms with Crippen LogP contribution in [0.25, 0.3) is 0 Å². The van der Waals surface area contributed by atoms with Crippen LogP contribution in [0, 0.1) is 11.8 Å². The highest BCUT2D eigenvalue weighted by Crippen LogP contribution is 2.33. The van der Waals surface area contributed by atoms with E-state index < -0.39 is 0 Å². The Hall–Kier alpha value is -1.02. The topological polar surface area (TPSA) is 23.5 Å². The fourth-order valence-corrected chi connectivity index (χ4v) is 3.66. The zero-order valence-electron chi connectivity index (χ0n) is 13.9. The molecule has 0 radical (unpaired) electrons. The SMILES string of the molecule is CCCC1CCC(O)C(CN(C)c2ccc(CC)cc2)C1. The van der Waals surface area contributed by atoms with Gasteiger partial charge in [0, 0.05) is 25.2 Å². The molecule has 0 saturated heterocycles. The summed E-state index contributed by atoms with van der Waals surface area (Å²) in [6.07, 6.45) is 6.94. The molecule has 118 valence electrons. The highest BCUT2D eigenvalue weighted by molar-refractivity contribution is 5.46. The van der Waals surface area contributed by atoms with Crippen LogP contribution in [0.3, 0.4) is 0 Å². The molecular formula is C19H31NO. The predicted octanol–water partition coefficient (Wildman–Crippen LogP) is 4.26. The number of aliphatic hydroxyl groups excluding tert-OH is 1. The standard InChI is InChI=1S/C19H31NO/c1-4-6-16-9-12-19(21)17(13-16)14-20(3)18-10-7-15(5-2)8-11-18/h7-8,10-11,16-17,19,21H,4-6,9,12-14H2,1-3H3. The van der Waals surface area contributed by atoms with Crippen molar-refractivity contribution in [2.75, 3.05) is 18.5 Å². The van der Waals surface area contributed by atoms with E-state index in [-0.39, 0.29) is 6.10 Å². The first kappa shape index (κ1) is 16.4. The maximum atomic E-state index is 10.3. The summed E-state index contributed by atoms with van der Waals surface area (Å²) in [5.41, 5.74) is 2.64. The second-order valence-corrected chi connectivity index (χ2v) is 6.70. The first-order chi connectivity index (χ1) is 10.1. The predicted molar refractivity (Wildman–Crippen MR) is 90.8 cm³/mol. The Morgan fingerprint density at radius 3 is 2.48 bits per heavy atom. The number of aliphatic hydroxyl groups is 1. The molecule has 1 fully saturated rings. The van der Waals surface area contributed by atoms with Gasteiger partial charge in [-0.25, -0.2) is 0 Å². The van der Waals surface area contributed by atoms with Gasteiger partial charge in [0.1, 0.15) is 0 Å². The zero-order chi connectivity index (χ0) is 15.2. The van der Waals surface area contributed by atoms with Crippen LogP contribution in [0.2, 0.25) is 0 Å². The Kier molecular flexibility index (Phi) is 6.10. The van der Waals surface area contributed by atoms with E-state index in [9.17, 15) is 5.11 Å². The van der Waals surface area contributed by atoms with Gasteiger partial charge in [0.2, 0.25) is 0 Å². The van der Waals surface area contributed by atoms with Crippen molar-refractivity contribution < 1.29 is 5.11 Å². The summed E-state index contributed by atoms with van der Waals surface area (Å²) in [4.78, 5) is 2.31. The van der Waals surface area contributed by atoms with Crippen molar-refractivity contribution in [3.05, 3.63) is 29.8 Å². The fraction of sp³-hybridized carbons (Fsp3) is 0.684. The molecule has 0 spiro atoms. The minimum absolute atomic E-state index is 0.115. The summed E-state index contributed by atoms with van der Waals surface area (Å²) in [6, 6.07) is 8.83. The number of benzene rings is 1. The third-order valence-electron chi connectivity index (χ3n) is 5.04. The number of hydrogen-bond donors (Lipinski definition) is 1. The van der Waals surface area contributed by atoms with E-state index in [4.69, 9.17) is 0 Å². The lowest BCUT2D eigenvalue weighted by atomic mass is 9.77. The molecule has 1 aromatic carbocycles. The molecule has 0 bridgehead atoms. The van der Waals surface area contributed by atoms with E-state index in [0.29, 0.717) is 5.92 Å². The van der Waals surface area contributed by atoms with Gasteiger partial charge in [-0.2, -0.15) is 0 Å². The van der Waals surface area contributed by atoms with E-state index in [0.717, 1.165) is 25.3 Å². The molecule has 2 rings (SSSR count). The van der Waals surface area contributed by atoms with Gasteiger partial charge in [0.15, 0.2) is 0 Å². The van der Waals surface area contributed by atoms with Crippen LogP contribution in [-0.4, -0.2) is 24.8 Å². The molecule has 0 amide bonds. The van der Waals surface area contributed by atoms with Gasteiger partial charge in [-0.1, -0.05) is 38.8 Å². The van der Waals surface area contributed by atoms with E-state index in [1.54, 1.807) is 0 Å². The normalized spacial score (nSPS) is 25.8. The number of anilines is 1. The first-order valence-corrected chi connectivity index (χ1v) is 8.62. The lowest BCUT2D eigenvalue weighted by Gasteiger charge is -2.36. The summed E-state index contributed by atoms with van der Waals surface area (Å²) >= 11 is 0. The third kappa shape index (κ3) is 4.47. The van der Waals surface area contributed by atoms with Gasteiger partial charge in [0.25, 0.3) is 0 Å². The van der Waals surface area contributed by atoms with Crippen LogP contribution in [0.15, 0.2) is 24.3 Å². The Morgan fingerprint density at radius 2 is 1.86 bits per heavy atom. The summed E-state index contributed by atoms with van der Waals surface area (Å²) < 4.78 is 0. The van der Waals surface area contributed by atoms with Crippen molar-refractivity contribution in [1.82, 2.24) is 0 Å². The highest BCUT2D eigenvalue weighted by atomic mass is 16.3. The van der Waals surface area contributed by atoms with E-state index in [1.807, 2.05) is 0 Å². The molecule has 1 aliphatic rings. The maximum Gasteiger partial charge on any atom is 0.0585 e. The smallest absolute Gasteiger partial charge is 0.0585 e. The zero-order valence-corrected chi connectivity index (χ0v) is 13.9. The van der Waals surface area contributed by atoms with Crippen LogP contribution in [0.4, 0.5) is 5.69 Å². The largest absolute Gasteiger partial charge is 0.393 e. The van der Waals surface area contributed by atoms with Crippen LogP contribution < -0.4 is 4.90 Å². The summed E-state index contributed by atoms with van der Waals surface area (Å²) in [6.45, 7) is 5.42. The van der Waals surface area contributed by atoms with Crippen molar-refractivity contribution >= 4 is 5.69 Å². The summed E-state index contributed by atoms with van der Waals surface area (Å²) in [5, 5.41) is 10.3. The van der Waals surface area contributed by atoms with Gasteiger partial charge in [0.05, 0.1) is 6.10 Å². The van der Waals surface area contributed by atoms with Gasteiger partial charge in [-0.3, -0.25) is 0 Å². The molecule has 0 aromatic heterocycles. The number of aryl methyl sites for hydroxylation is 1. The van der Waals surface area contributed by atoms with Crippen LogP contribution in [0.1, 0.15) is 51.5 Å². The summed E-state index contributed by atoms with van der Waals surface area (Å²) in [7, 11) is 2.15. The average Bonchev–Trinajstić information content (AvgIpc) is 2.51. The number of hydrogen-bond acceptors (Lipinski definition) is 2. The second kappa shape index (κ2) is 7.84.